The van der Waals surface area contributed by atoms with Crippen LogP contribution in [0.1, 0.15) is 44.6 Å². The Morgan fingerprint density at radius 2 is 2.24 bits per heavy atom. The molecule has 3 N–H and O–H groups in total. The molecule has 0 saturated heterocycles. The number of rotatable bonds is 6. The van der Waals surface area contributed by atoms with Gasteiger partial charge in [-0.15, -0.1) is 0 Å². The Morgan fingerprint density at radius 3 is 2.86 bits per heavy atom. The predicted octanol–water partition coefficient (Wildman–Crippen LogP) is 4.05. The lowest BCUT2D eigenvalue weighted by atomic mass is 9.75. The van der Waals surface area contributed by atoms with E-state index < -0.39 is 0 Å². The minimum absolute atomic E-state index is 0.361. The second-order valence-corrected chi connectivity index (χ2v) is 7.00. The Bertz CT molecular complexity index is 452. The highest BCUT2D eigenvalue weighted by molar-refractivity contribution is 9.10. The van der Waals surface area contributed by atoms with Crippen LogP contribution in [0.25, 0.3) is 0 Å². The number of methoxy groups -OCH3 is 1. The fourth-order valence-electron chi connectivity index (χ4n) is 3.52. The number of ether oxygens (including phenoxy) is 1. The van der Waals surface area contributed by atoms with E-state index in [4.69, 9.17) is 10.6 Å². The predicted molar refractivity (Wildman–Crippen MR) is 91.2 cm³/mol. The summed E-state index contributed by atoms with van der Waals surface area (Å²) in [6.07, 6.45) is 7.60. The lowest BCUT2D eigenvalue weighted by molar-refractivity contribution is 0.208. The first-order valence-electron chi connectivity index (χ1n) is 7.96. The van der Waals surface area contributed by atoms with E-state index in [1.807, 2.05) is 6.07 Å². The van der Waals surface area contributed by atoms with Crippen LogP contribution in [-0.2, 0) is 6.42 Å². The third-order valence-corrected chi connectivity index (χ3v) is 5.48. The van der Waals surface area contributed by atoms with Crippen molar-refractivity contribution in [3.63, 3.8) is 0 Å². The lowest BCUT2D eigenvalue weighted by Crippen LogP contribution is -2.44. The van der Waals surface area contributed by atoms with Crippen LogP contribution in [0.15, 0.2) is 22.7 Å². The van der Waals surface area contributed by atoms with Gasteiger partial charge in [-0.25, -0.2) is 0 Å². The van der Waals surface area contributed by atoms with Crippen LogP contribution in [0.4, 0.5) is 0 Å². The van der Waals surface area contributed by atoms with Gasteiger partial charge in [0.05, 0.1) is 11.6 Å². The molecule has 3 unspecified atom stereocenters. The molecule has 3 nitrogen and oxygen atoms in total. The van der Waals surface area contributed by atoms with Gasteiger partial charge in [0.2, 0.25) is 0 Å². The molecule has 3 atom stereocenters. The molecule has 0 amide bonds. The van der Waals surface area contributed by atoms with Gasteiger partial charge in [0.25, 0.3) is 0 Å². The Hall–Kier alpha value is -0.580. The molecule has 0 aliphatic heterocycles. The second-order valence-electron chi connectivity index (χ2n) is 6.15. The van der Waals surface area contributed by atoms with Crippen LogP contribution in [0, 0.1) is 11.8 Å². The number of nitrogens with one attached hydrogen (secondary N) is 1. The van der Waals surface area contributed by atoms with Crippen LogP contribution in [0.5, 0.6) is 5.75 Å². The minimum Gasteiger partial charge on any atom is -0.496 e. The summed E-state index contributed by atoms with van der Waals surface area (Å²) < 4.78 is 6.30. The van der Waals surface area contributed by atoms with Gasteiger partial charge in [-0.1, -0.05) is 32.3 Å². The topological polar surface area (TPSA) is 47.3 Å². The van der Waals surface area contributed by atoms with Gasteiger partial charge in [0, 0.05) is 6.04 Å². The van der Waals surface area contributed by atoms with Gasteiger partial charge >= 0.3 is 0 Å². The maximum Gasteiger partial charge on any atom is 0.133 e. The molecular weight excluding hydrogens is 328 g/mol. The molecule has 0 spiro atoms. The summed E-state index contributed by atoms with van der Waals surface area (Å²) in [4.78, 5) is 0. The summed E-state index contributed by atoms with van der Waals surface area (Å²) in [7, 11) is 1.69. The quantitative estimate of drug-likeness (QED) is 0.598. The Morgan fingerprint density at radius 1 is 1.43 bits per heavy atom. The summed E-state index contributed by atoms with van der Waals surface area (Å²) in [6, 6.07) is 6.65. The van der Waals surface area contributed by atoms with Gasteiger partial charge in [0.15, 0.2) is 0 Å². The van der Waals surface area contributed by atoms with E-state index in [2.05, 4.69) is 40.4 Å². The van der Waals surface area contributed by atoms with Crippen molar-refractivity contribution in [2.45, 2.75) is 51.5 Å². The van der Waals surface area contributed by atoms with Crippen LogP contribution in [0.2, 0.25) is 0 Å². The highest BCUT2D eigenvalue weighted by Gasteiger charge is 2.27. The number of halogens is 1. The maximum atomic E-state index is 5.85. The van der Waals surface area contributed by atoms with Crippen molar-refractivity contribution < 1.29 is 4.74 Å². The highest BCUT2D eigenvalue weighted by atomic mass is 79.9. The van der Waals surface area contributed by atoms with Crippen LogP contribution in [-0.4, -0.2) is 13.2 Å². The van der Waals surface area contributed by atoms with Gasteiger partial charge in [-0.05, 0) is 64.7 Å². The Labute approximate surface area is 136 Å². The minimum atomic E-state index is 0.361. The molecule has 1 aliphatic rings. The van der Waals surface area contributed by atoms with Crippen molar-refractivity contribution in [3.05, 3.63) is 28.2 Å². The zero-order valence-corrected chi connectivity index (χ0v) is 14.7. The fourth-order valence-corrected chi connectivity index (χ4v) is 4.11. The first kappa shape index (κ1) is 16.8. The smallest absolute Gasteiger partial charge is 0.133 e. The van der Waals surface area contributed by atoms with E-state index >= 15 is 0 Å². The van der Waals surface area contributed by atoms with E-state index in [9.17, 15) is 0 Å². The van der Waals surface area contributed by atoms with Crippen molar-refractivity contribution >= 4 is 15.9 Å². The maximum absolute atomic E-state index is 5.85. The van der Waals surface area contributed by atoms with E-state index in [0.29, 0.717) is 12.0 Å². The zero-order valence-electron chi connectivity index (χ0n) is 13.1. The van der Waals surface area contributed by atoms with Crippen LogP contribution in [0.3, 0.4) is 0 Å². The molecule has 0 heterocycles. The zero-order chi connectivity index (χ0) is 15.2. The van der Waals surface area contributed by atoms with Crippen LogP contribution >= 0.6 is 15.9 Å². The summed E-state index contributed by atoms with van der Waals surface area (Å²) in [5, 5.41) is 0. The summed E-state index contributed by atoms with van der Waals surface area (Å²) in [6.45, 7) is 2.30. The molecule has 1 fully saturated rings. The van der Waals surface area contributed by atoms with E-state index in [-0.39, 0.29) is 0 Å². The molecule has 1 aromatic rings. The van der Waals surface area contributed by atoms with Crippen molar-refractivity contribution in [2.24, 2.45) is 17.7 Å². The standard InChI is InChI=1S/C17H27BrN2O/c1-3-12-5-4-6-14(9-12)16(20-19)11-13-7-8-17(21-2)15(18)10-13/h7-8,10,12,14,16,20H,3-6,9,11,19H2,1-2H3. The monoisotopic (exact) mass is 354 g/mol. The van der Waals surface area contributed by atoms with Crippen molar-refractivity contribution in [3.8, 4) is 5.75 Å². The van der Waals surface area contributed by atoms with E-state index in [1.54, 1.807) is 7.11 Å². The molecule has 118 valence electrons. The highest BCUT2D eigenvalue weighted by Crippen LogP contribution is 2.34. The number of nitrogens with two attached hydrogens (primary N) is 1. The first-order valence-corrected chi connectivity index (χ1v) is 8.75. The molecule has 0 aromatic heterocycles. The molecule has 1 aliphatic carbocycles. The van der Waals surface area contributed by atoms with Gasteiger partial charge < -0.3 is 4.74 Å². The second kappa shape index (κ2) is 8.16. The molecule has 2 rings (SSSR count). The number of benzene rings is 1. The Kier molecular flexibility index (Phi) is 6.52. The van der Waals surface area contributed by atoms with Crippen molar-refractivity contribution in [1.29, 1.82) is 0 Å². The van der Waals surface area contributed by atoms with Gasteiger partial charge in [-0.3, -0.25) is 11.3 Å². The Balaban J connectivity index is 2.03. The number of hydrazine groups is 1. The first-order chi connectivity index (χ1) is 10.2. The summed E-state index contributed by atoms with van der Waals surface area (Å²) in [5.74, 6) is 8.29. The summed E-state index contributed by atoms with van der Waals surface area (Å²) in [5.41, 5.74) is 4.36. The van der Waals surface area contributed by atoms with Crippen LogP contribution < -0.4 is 16.0 Å². The third-order valence-electron chi connectivity index (χ3n) is 4.86. The normalized spacial score (nSPS) is 23.8. The molecule has 0 bridgehead atoms. The number of hydrogen-bond donors (Lipinski definition) is 2. The molecule has 4 heteroatoms. The van der Waals surface area contributed by atoms with Gasteiger partial charge in [0.1, 0.15) is 5.75 Å². The molecule has 0 radical (unpaired) electrons. The number of hydrogen-bond acceptors (Lipinski definition) is 3. The summed E-state index contributed by atoms with van der Waals surface area (Å²) >= 11 is 3.56. The van der Waals surface area contributed by atoms with Gasteiger partial charge in [-0.2, -0.15) is 0 Å². The average Bonchev–Trinajstić information content (AvgIpc) is 2.52. The average molecular weight is 355 g/mol. The third kappa shape index (κ3) is 4.44. The largest absolute Gasteiger partial charge is 0.496 e. The fraction of sp³-hybridized carbons (Fsp3) is 0.647. The molecule has 1 aromatic carbocycles. The van der Waals surface area contributed by atoms with E-state index in [1.165, 1.54) is 37.7 Å². The van der Waals surface area contributed by atoms with E-state index in [0.717, 1.165) is 22.6 Å². The van der Waals surface area contributed by atoms with Crippen molar-refractivity contribution in [1.82, 2.24) is 5.43 Å². The van der Waals surface area contributed by atoms with Crippen molar-refractivity contribution in [2.75, 3.05) is 7.11 Å². The molecular formula is C17H27BrN2O. The lowest BCUT2D eigenvalue weighted by Gasteiger charge is -2.34. The SMILES string of the molecule is CCC1CCCC(C(Cc2ccc(OC)c(Br)c2)NN)C1. The molecule has 21 heavy (non-hydrogen) atoms. The molecule has 1 saturated carbocycles.